The number of benzene rings is 2. The normalized spacial score (nSPS) is 11.3. The summed E-state index contributed by atoms with van der Waals surface area (Å²) in [6.45, 7) is 1.00. The SMILES string of the molecule is NCCOc1cccc2[nH]c(-c3n[nH]c4ccccc34)cc12. The number of H-pyrrole nitrogens is 2. The van der Waals surface area contributed by atoms with Crippen molar-refractivity contribution in [2.24, 2.45) is 5.73 Å². The minimum atomic E-state index is 0.498. The molecule has 2 aromatic heterocycles. The molecule has 0 radical (unpaired) electrons. The average molecular weight is 292 g/mol. The zero-order valence-corrected chi connectivity index (χ0v) is 12.0. The molecule has 2 aromatic carbocycles. The first kappa shape index (κ1) is 12.9. The van der Waals surface area contributed by atoms with Gasteiger partial charge in [-0.25, -0.2) is 0 Å². The van der Waals surface area contributed by atoms with Crippen molar-refractivity contribution in [3.63, 3.8) is 0 Å². The number of fused-ring (bicyclic) bond motifs is 2. The molecule has 5 nitrogen and oxygen atoms in total. The first-order valence-corrected chi connectivity index (χ1v) is 7.25. The van der Waals surface area contributed by atoms with Crippen molar-refractivity contribution < 1.29 is 4.74 Å². The molecule has 0 bridgehead atoms. The van der Waals surface area contributed by atoms with Crippen molar-refractivity contribution in [3.05, 3.63) is 48.5 Å². The van der Waals surface area contributed by atoms with E-state index in [1.165, 1.54) is 0 Å². The van der Waals surface area contributed by atoms with E-state index in [-0.39, 0.29) is 0 Å². The Morgan fingerprint density at radius 2 is 1.86 bits per heavy atom. The standard InChI is InChI=1S/C17H16N4O/c18-8-9-22-16-7-3-6-13-12(16)10-15(19-13)17-11-4-1-2-5-14(11)20-21-17/h1-7,10,19H,8-9,18H2,(H,20,21). The van der Waals surface area contributed by atoms with Gasteiger partial charge in [-0.1, -0.05) is 24.3 Å². The van der Waals surface area contributed by atoms with Crippen molar-refractivity contribution in [3.8, 4) is 17.1 Å². The third kappa shape index (κ3) is 2.03. The number of ether oxygens (including phenoxy) is 1. The number of aromatic nitrogens is 3. The predicted molar refractivity (Wildman–Crippen MR) is 87.9 cm³/mol. The molecule has 0 aliphatic rings. The topological polar surface area (TPSA) is 79.7 Å². The Morgan fingerprint density at radius 3 is 2.77 bits per heavy atom. The van der Waals surface area contributed by atoms with Crippen molar-refractivity contribution in [2.75, 3.05) is 13.2 Å². The van der Waals surface area contributed by atoms with E-state index in [4.69, 9.17) is 10.5 Å². The number of nitrogens with one attached hydrogen (secondary N) is 2. The van der Waals surface area contributed by atoms with Gasteiger partial charge in [-0.3, -0.25) is 5.10 Å². The van der Waals surface area contributed by atoms with E-state index in [0.717, 1.165) is 38.9 Å². The second-order valence-electron chi connectivity index (χ2n) is 5.16. The number of nitrogens with zero attached hydrogens (tertiary/aromatic N) is 1. The number of hydrogen-bond acceptors (Lipinski definition) is 3. The number of hydrogen-bond donors (Lipinski definition) is 3. The summed E-state index contributed by atoms with van der Waals surface area (Å²) < 4.78 is 5.71. The lowest BCUT2D eigenvalue weighted by molar-refractivity contribution is 0.332. The molecule has 0 aliphatic carbocycles. The summed E-state index contributed by atoms with van der Waals surface area (Å²) in [4.78, 5) is 3.41. The van der Waals surface area contributed by atoms with E-state index in [2.05, 4.69) is 27.3 Å². The fraction of sp³-hybridized carbons (Fsp3) is 0.118. The lowest BCUT2D eigenvalue weighted by Crippen LogP contribution is -2.10. The molecular formula is C17H16N4O. The van der Waals surface area contributed by atoms with Crippen molar-refractivity contribution >= 4 is 21.8 Å². The maximum atomic E-state index is 5.71. The number of nitrogens with two attached hydrogens (primary N) is 1. The summed E-state index contributed by atoms with van der Waals surface area (Å²) in [5.74, 6) is 0.838. The molecule has 0 fully saturated rings. The molecule has 0 spiro atoms. The highest BCUT2D eigenvalue weighted by atomic mass is 16.5. The van der Waals surface area contributed by atoms with Crippen molar-refractivity contribution in [2.45, 2.75) is 0 Å². The van der Waals surface area contributed by atoms with Gasteiger partial charge in [0.05, 0.1) is 11.2 Å². The summed E-state index contributed by atoms with van der Waals surface area (Å²) in [5.41, 5.74) is 9.45. The number of rotatable bonds is 4. The smallest absolute Gasteiger partial charge is 0.128 e. The summed E-state index contributed by atoms with van der Waals surface area (Å²) in [6.07, 6.45) is 0. The highest BCUT2D eigenvalue weighted by Crippen LogP contribution is 2.32. The first-order chi connectivity index (χ1) is 10.9. The van der Waals surface area contributed by atoms with Gasteiger partial charge in [0, 0.05) is 22.8 Å². The summed E-state index contributed by atoms with van der Waals surface area (Å²) in [6, 6.07) is 16.1. The van der Waals surface area contributed by atoms with Gasteiger partial charge in [0.2, 0.25) is 0 Å². The van der Waals surface area contributed by atoms with Crippen LogP contribution >= 0.6 is 0 Å². The van der Waals surface area contributed by atoms with Crippen LogP contribution in [0.5, 0.6) is 5.75 Å². The Morgan fingerprint density at radius 1 is 1.00 bits per heavy atom. The van der Waals surface area contributed by atoms with Crippen LogP contribution in [0.25, 0.3) is 33.2 Å². The van der Waals surface area contributed by atoms with Gasteiger partial charge in [-0.05, 0) is 24.3 Å². The average Bonchev–Trinajstić information content (AvgIpc) is 3.16. The van der Waals surface area contributed by atoms with Crippen molar-refractivity contribution in [1.82, 2.24) is 15.2 Å². The summed E-state index contributed by atoms with van der Waals surface area (Å²) in [7, 11) is 0. The van der Waals surface area contributed by atoms with Gasteiger partial charge in [-0.2, -0.15) is 5.10 Å². The Balaban J connectivity index is 1.86. The molecule has 0 saturated carbocycles. The van der Waals surface area contributed by atoms with Gasteiger partial charge in [0.15, 0.2) is 0 Å². The highest BCUT2D eigenvalue weighted by molar-refractivity contribution is 5.97. The minimum Gasteiger partial charge on any atom is -0.492 e. The molecule has 22 heavy (non-hydrogen) atoms. The van der Waals surface area contributed by atoms with Gasteiger partial charge in [0.25, 0.3) is 0 Å². The Bertz CT molecular complexity index is 938. The maximum Gasteiger partial charge on any atom is 0.128 e. The molecular weight excluding hydrogens is 276 g/mol. The lowest BCUT2D eigenvalue weighted by atomic mass is 10.1. The quantitative estimate of drug-likeness (QED) is 0.541. The van der Waals surface area contributed by atoms with Crippen LogP contribution in [0.4, 0.5) is 0 Å². The monoisotopic (exact) mass is 292 g/mol. The third-order valence-electron chi connectivity index (χ3n) is 3.73. The van der Waals surface area contributed by atoms with Crippen LogP contribution in [0, 0.1) is 0 Å². The van der Waals surface area contributed by atoms with E-state index < -0.39 is 0 Å². The van der Waals surface area contributed by atoms with Gasteiger partial charge >= 0.3 is 0 Å². The zero-order valence-electron chi connectivity index (χ0n) is 12.0. The fourth-order valence-corrected chi connectivity index (χ4v) is 2.72. The maximum absolute atomic E-state index is 5.71. The molecule has 0 atom stereocenters. The molecule has 0 amide bonds. The van der Waals surface area contributed by atoms with Gasteiger partial charge < -0.3 is 15.5 Å². The van der Waals surface area contributed by atoms with Crippen LogP contribution < -0.4 is 10.5 Å². The molecule has 4 N–H and O–H groups in total. The highest BCUT2D eigenvalue weighted by Gasteiger charge is 2.12. The van der Waals surface area contributed by atoms with Gasteiger partial charge in [-0.15, -0.1) is 0 Å². The minimum absolute atomic E-state index is 0.498. The lowest BCUT2D eigenvalue weighted by Gasteiger charge is -2.04. The van der Waals surface area contributed by atoms with E-state index in [0.29, 0.717) is 13.2 Å². The van der Waals surface area contributed by atoms with Crippen LogP contribution in [0.1, 0.15) is 0 Å². The van der Waals surface area contributed by atoms with Gasteiger partial charge in [0.1, 0.15) is 18.1 Å². The Hall–Kier alpha value is -2.79. The molecule has 4 rings (SSSR count). The largest absolute Gasteiger partial charge is 0.492 e. The second-order valence-corrected chi connectivity index (χ2v) is 5.16. The second kappa shape index (κ2) is 5.20. The van der Waals surface area contributed by atoms with E-state index >= 15 is 0 Å². The van der Waals surface area contributed by atoms with Crippen LogP contribution in [-0.2, 0) is 0 Å². The Kier molecular flexibility index (Phi) is 3.05. The summed E-state index contributed by atoms with van der Waals surface area (Å²) in [5, 5.41) is 9.63. The van der Waals surface area contributed by atoms with E-state index in [9.17, 15) is 0 Å². The van der Waals surface area contributed by atoms with Crippen LogP contribution in [0.3, 0.4) is 0 Å². The van der Waals surface area contributed by atoms with E-state index in [1.807, 2.05) is 36.4 Å². The molecule has 0 unspecified atom stereocenters. The van der Waals surface area contributed by atoms with Crippen molar-refractivity contribution in [1.29, 1.82) is 0 Å². The number of para-hydroxylation sites is 1. The number of aromatic amines is 2. The van der Waals surface area contributed by atoms with Crippen LogP contribution in [-0.4, -0.2) is 28.3 Å². The van der Waals surface area contributed by atoms with Crippen LogP contribution in [0.2, 0.25) is 0 Å². The zero-order chi connectivity index (χ0) is 14.9. The predicted octanol–water partition coefficient (Wildman–Crippen LogP) is 3.05. The molecule has 2 heterocycles. The molecule has 0 aliphatic heterocycles. The van der Waals surface area contributed by atoms with Crippen LogP contribution in [0.15, 0.2) is 48.5 Å². The Labute approximate surface area is 127 Å². The molecule has 4 aromatic rings. The molecule has 5 heteroatoms. The fourth-order valence-electron chi connectivity index (χ4n) is 2.72. The summed E-state index contributed by atoms with van der Waals surface area (Å²) >= 11 is 0. The first-order valence-electron chi connectivity index (χ1n) is 7.25. The molecule has 0 saturated heterocycles. The third-order valence-corrected chi connectivity index (χ3v) is 3.73. The molecule has 110 valence electrons. The van der Waals surface area contributed by atoms with E-state index in [1.54, 1.807) is 0 Å².